The normalized spacial score (nSPS) is 14.2. The predicted molar refractivity (Wildman–Crippen MR) is 128 cm³/mol. The van der Waals surface area contributed by atoms with E-state index < -0.39 is 10.5 Å². The maximum absolute atomic E-state index is 13.2. The molecule has 1 aliphatic heterocycles. The van der Waals surface area contributed by atoms with Gasteiger partial charge in [0.2, 0.25) is 0 Å². The lowest BCUT2D eigenvalue weighted by atomic mass is 10.1. The van der Waals surface area contributed by atoms with E-state index >= 15 is 0 Å². The number of carbonyl (C=O) groups excluding carboxylic acids is 2. The van der Waals surface area contributed by atoms with Crippen LogP contribution >= 0.6 is 10.5 Å². The number of hydrogen-bond donors (Lipinski definition) is 1. The molecule has 3 amide bonds. The number of aromatic nitrogens is 3. The van der Waals surface area contributed by atoms with E-state index in [9.17, 15) is 9.59 Å². The Balaban J connectivity index is 1.29. The number of pyridine rings is 2. The summed E-state index contributed by atoms with van der Waals surface area (Å²) in [4.78, 5) is 43.0. The molecule has 4 heterocycles. The Morgan fingerprint density at radius 2 is 1.91 bits per heavy atom. The van der Waals surface area contributed by atoms with Crippen LogP contribution in [-0.2, 0) is 19.3 Å². The highest BCUT2D eigenvalue weighted by atomic mass is 32.2. The molecule has 3 aromatic heterocycles. The molecule has 1 atom stereocenters. The van der Waals surface area contributed by atoms with Crippen LogP contribution in [0, 0.1) is 0 Å². The van der Waals surface area contributed by atoms with Crippen molar-refractivity contribution in [3.8, 4) is 0 Å². The highest BCUT2D eigenvalue weighted by molar-refractivity contribution is 7.34. The van der Waals surface area contributed by atoms with Gasteiger partial charge in [-0.25, -0.2) is 9.69 Å². The van der Waals surface area contributed by atoms with Crippen LogP contribution in [0.25, 0.3) is 10.9 Å². The lowest BCUT2D eigenvalue weighted by Crippen LogP contribution is -2.31. The molecule has 166 valence electrons. The molecule has 8 nitrogen and oxygen atoms in total. The van der Waals surface area contributed by atoms with Gasteiger partial charge in [0.25, 0.3) is 4.88 Å². The number of urea groups is 1. The number of amides is 3. The highest BCUT2D eigenvalue weighted by Crippen LogP contribution is 2.35. The summed E-state index contributed by atoms with van der Waals surface area (Å²) in [5.41, 5.74) is 2.85. The van der Waals surface area contributed by atoms with Gasteiger partial charge in [-0.15, -0.1) is 0 Å². The number of hydrogen-bond acceptors (Lipinski definition) is 5. The Morgan fingerprint density at radius 1 is 1.06 bits per heavy atom. The third-order valence-corrected chi connectivity index (χ3v) is 7.52. The molecule has 33 heavy (non-hydrogen) atoms. The van der Waals surface area contributed by atoms with Gasteiger partial charge in [-0.1, -0.05) is 30.3 Å². The number of anilines is 1. The fourth-order valence-electron chi connectivity index (χ4n) is 3.98. The number of carbonyl (C=O) groups is 2. The summed E-state index contributed by atoms with van der Waals surface area (Å²) >= 11 is 0. The zero-order chi connectivity index (χ0) is 22.8. The van der Waals surface area contributed by atoms with E-state index in [1.165, 1.54) is 0 Å². The first kappa shape index (κ1) is 21.0. The van der Waals surface area contributed by atoms with Crippen LogP contribution in [0.1, 0.15) is 20.8 Å². The molecule has 0 radical (unpaired) electrons. The van der Waals surface area contributed by atoms with Crippen molar-refractivity contribution < 1.29 is 9.59 Å². The van der Waals surface area contributed by atoms with Crippen LogP contribution in [0.4, 0.5) is 9.93 Å². The molecule has 1 saturated heterocycles. The summed E-state index contributed by atoms with van der Waals surface area (Å²) in [5, 5.41) is 4.62. The van der Waals surface area contributed by atoms with Crippen LogP contribution in [-0.4, -0.2) is 44.9 Å². The van der Waals surface area contributed by atoms with Crippen LogP contribution in [0.15, 0.2) is 67.3 Å². The van der Waals surface area contributed by atoms with Gasteiger partial charge in [0.05, 0.1) is 18.3 Å². The zero-order valence-electron chi connectivity index (χ0n) is 18.1. The van der Waals surface area contributed by atoms with Gasteiger partial charge in [-0.05, 0) is 23.3 Å². The van der Waals surface area contributed by atoms with Crippen molar-refractivity contribution in [2.24, 2.45) is 6.26 Å². The molecular formula is C24H23N6O2S+. The first-order chi connectivity index (χ1) is 16.1. The third kappa shape index (κ3) is 4.14. The molecule has 1 N–H and O–H groups in total. The fourth-order valence-corrected chi connectivity index (χ4v) is 5.45. The number of nitrogens with zero attached hydrogens (tertiary/aromatic N) is 5. The second-order valence-electron chi connectivity index (χ2n) is 7.81. The average molecular weight is 460 g/mol. The van der Waals surface area contributed by atoms with Gasteiger partial charge in [0.15, 0.2) is 0 Å². The Hall–Kier alpha value is -3.85. The van der Waals surface area contributed by atoms with Gasteiger partial charge >= 0.3 is 17.1 Å². The number of fused-ring (bicyclic) bond motifs is 1. The van der Waals surface area contributed by atoms with Gasteiger partial charge in [-0.2, -0.15) is 4.98 Å². The number of rotatable bonds is 6. The van der Waals surface area contributed by atoms with Gasteiger partial charge in [0.1, 0.15) is 6.26 Å². The highest BCUT2D eigenvalue weighted by Gasteiger charge is 2.38. The largest absolute Gasteiger partial charge is 0.351 e. The first-order valence-corrected chi connectivity index (χ1v) is 12.2. The van der Waals surface area contributed by atoms with Crippen molar-refractivity contribution >= 4 is 38.4 Å². The lowest BCUT2D eigenvalue weighted by molar-refractivity contribution is 0.0954. The quantitative estimate of drug-likeness (QED) is 0.444. The van der Waals surface area contributed by atoms with Crippen molar-refractivity contribution in [3.05, 3.63) is 83.3 Å². The summed E-state index contributed by atoms with van der Waals surface area (Å²) in [6.07, 6.45) is 8.71. The Kier molecular flexibility index (Phi) is 5.70. The molecule has 4 aromatic rings. The van der Waals surface area contributed by atoms with Crippen LogP contribution in [0.3, 0.4) is 0 Å². The Bertz CT molecular complexity index is 1320. The molecule has 1 aromatic carbocycles. The van der Waals surface area contributed by atoms with Crippen LogP contribution < -0.4 is 10.2 Å². The van der Waals surface area contributed by atoms with E-state index in [1.807, 2.05) is 53.6 Å². The second-order valence-corrected chi connectivity index (χ2v) is 9.63. The summed E-state index contributed by atoms with van der Waals surface area (Å²) < 4.78 is 0. The van der Waals surface area contributed by atoms with Crippen molar-refractivity contribution in [1.29, 1.82) is 0 Å². The number of para-hydroxylation sites is 1. The molecule has 0 spiro atoms. The summed E-state index contributed by atoms with van der Waals surface area (Å²) in [6, 6.07) is 13.6. The van der Waals surface area contributed by atoms with Gasteiger partial charge in [-0.3, -0.25) is 14.8 Å². The predicted octanol–water partition coefficient (Wildman–Crippen LogP) is 3.68. The molecule has 1 aliphatic rings. The molecule has 9 heteroatoms. The van der Waals surface area contributed by atoms with Gasteiger partial charge < -0.3 is 10.2 Å². The van der Waals surface area contributed by atoms with E-state index in [0.717, 1.165) is 22.0 Å². The van der Waals surface area contributed by atoms with Crippen LogP contribution in [0.5, 0.6) is 0 Å². The van der Waals surface area contributed by atoms with E-state index in [0.29, 0.717) is 36.2 Å². The molecule has 0 bridgehead atoms. The fraction of sp³-hybridized carbons (Fsp3) is 0.208. The number of benzene rings is 1. The van der Waals surface area contributed by atoms with E-state index in [-0.39, 0.29) is 11.9 Å². The second kappa shape index (κ2) is 8.95. The zero-order valence-corrected chi connectivity index (χ0v) is 19.0. The number of nitrogens with one attached hydrogen (secondary N) is 1. The van der Waals surface area contributed by atoms with E-state index in [2.05, 4.69) is 20.3 Å². The standard InChI is InChI=1S/C24H22N6O2S/c1-33-20(22(31)27-14-17-5-3-9-25-13-17)15-28-23(33)30-12-11-29(24(30)32)16-19-7-2-6-18-8-4-10-26-21(18)19/h2-10,13,15H,11-12,14,16H2,1H3/p+1. The minimum Gasteiger partial charge on any atom is -0.344 e. The van der Waals surface area contributed by atoms with Crippen molar-refractivity contribution in [1.82, 2.24) is 25.2 Å². The lowest BCUT2D eigenvalue weighted by Gasteiger charge is -2.16. The Morgan fingerprint density at radius 3 is 2.76 bits per heavy atom. The monoisotopic (exact) mass is 459 g/mol. The molecule has 1 fully saturated rings. The number of thiazole rings is 1. The molecule has 1 unspecified atom stereocenters. The minimum absolute atomic E-state index is 0.0912. The van der Waals surface area contributed by atoms with Gasteiger partial charge in [0, 0.05) is 54.1 Å². The average Bonchev–Trinajstić information content (AvgIpc) is 3.40. The van der Waals surface area contributed by atoms with E-state index in [1.54, 1.807) is 29.7 Å². The van der Waals surface area contributed by atoms with Crippen molar-refractivity contribution in [2.45, 2.75) is 13.1 Å². The smallest absolute Gasteiger partial charge is 0.344 e. The topological polar surface area (TPSA) is 91.3 Å². The first-order valence-electron chi connectivity index (χ1n) is 10.6. The maximum atomic E-state index is 13.2. The Labute approximate surface area is 193 Å². The molecule has 5 rings (SSSR count). The molecular weight excluding hydrogens is 436 g/mol. The minimum atomic E-state index is -0.581. The summed E-state index contributed by atoms with van der Waals surface area (Å²) in [7, 11) is -0.581. The maximum Gasteiger partial charge on any atom is 0.351 e. The molecule has 0 saturated carbocycles. The van der Waals surface area contributed by atoms with Crippen LogP contribution in [0.2, 0.25) is 0 Å². The summed E-state index contributed by atoms with van der Waals surface area (Å²) in [5.74, 6) is -0.172. The molecule has 0 aliphatic carbocycles. The summed E-state index contributed by atoms with van der Waals surface area (Å²) in [6.45, 7) is 2.03. The SMILES string of the molecule is C[s+]1c(C(=O)NCc2cccnc2)cnc1N1CCN(Cc2cccc3cccnc23)C1=O. The van der Waals surface area contributed by atoms with Crippen molar-refractivity contribution in [2.75, 3.05) is 18.0 Å². The van der Waals surface area contributed by atoms with Crippen molar-refractivity contribution in [3.63, 3.8) is 0 Å². The third-order valence-electron chi connectivity index (χ3n) is 5.70. The van der Waals surface area contributed by atoms with E-state index in [4.69, 9.17) is 0 Å².